The van der Waals surface area contributed by atoms with Crippen molar-refractivity contribution in [3.63, 3.8) is 0 Å². The molecule has 11 N–H and O–H groups in total. The third-order valence-corrected chi connectivity index (χ3v) is 4.30. The lowest BCUT2D eigenvalue weighted by Crippen LogP contribution is -2.60. The standard InChI is InChI=1S/C18H33N5O10/c1-8(2)3-10(20-14(28)9(19)4-24)15(29)21-11(5-25)16(30)22-12(6-26)17(31)23-13(7-27)18(32)33/h8-13,24-27H,3-7,19H2,1-2H3,(H,20,28)(H,21,29)(H,22,30)(H,23,31)(H,32,33)/t9-,10-,11-,12-,13-/m0/s1. The maximum Gasteiger partial charge on any atom is 0.328 e. The number of nitrogens with one attached hydrogen (secondary N) is 4. The van der Waals surface area contributed by atoms with Crippen LogP contribution in [0, 0.1) is 5.92 Å². The normalized spacial score (nSPS) is 15.5. The fourth-order valence-corrected chi connectivity index (χ4v) is 2.46. The summed E-state index contributed by atoms with van der Waals surface area (Å²) in [4.78, 5) is 59.9. The van der Waals surface area contributed by atoms with Gasteiger partial charge in [-0.15, -0.1) is 0 Å². The van der Waals surface area contributed by atoms with E-state index < -0.39 is 86.2 Å². The monoisotopic (exact) mass is 479 g/mol. The predicted octanol–water partition coefficient (Wildman–Crippen LogP) is -5.65. The SMILES string of the molecule is CC(C)C[C@H](NC(=O)[C@@H](N)CO)C(=O)N[C@@H](CO)C(=O)N[C@@H](CO)C(=O)N[C@@H](CO)C(=O)O. The third-order valence-electron chi connectivity index (χ3n) is 4.30. The summed E-state index contributed by atoms with van der Waals surface area (Å²) in [5.74, 6) is -5.50. The lowest BCUT2D eigenvalue weighted by Gasteiger charge is -2.25. The molecule has 0 saturated carbocycles. The van der Waals surface area contributed by atoms with Gasteiger partial charge in [0.2, 0.25) is 23.6 Å². The number of carboxylic acid groups (broad SMARTS) is 1. The van der Waals surface area contributed by atoms with Crippen LogP contribution in [0.25, 0.3) is 0 Å². The van der Waals surface area contributed by atoms with Gasteiger partial charge in [0.25, 0.3) is 0 Å². The van der Waals surface area contributed by atoms with Crippen LogP contribution < -0.4 is 27.0 Å². The van der Waals surface area contributed by atoms with Crippen molar-refractivity contribution in [2.75, 3.05) is 26.4 Å². The van der Waals surface area contributed by atoms with Crippen LogP contribution >= 0.6 is 0 Å². The van der Waals surface area contributed by atoms with Gasteiger partial charge in [0, 0.05) is 0 Å². The number of carbonyl (C=O) groups excluding carboxylic acids is 4. The van der Waals surface area contributed by atoms with Crippen molar-refractivity contribution in [3.05, 3.63) is 0 Å². The number of aliphatic carboxylic acids is 1. The molecule has 33 heavy (non-hydrogen) atoms. The van der Waals surface area contributed by atoms with Gasteiger partial charge in [-0.3, -0.25) is 19.2 Å². The molecule has 5 atom stereocenters. The van der Waals surface area contributed by atoms with E-state index in [2.05, 4.69) is 10.6 Å². The molecule has 0 fully saturated rings. The molecular formula is C18H33N5O10. The number of aliphatic hydroxyl groups excluding tert-OH is 4. The number of carbonyl (C=O) groups is 5. The Morgan fingerprint density at radius 3 is 1.33 bits per heavy atom. The summed E-state index contributed by atoms with van der Waals surface area (Å²) in [5.41, 5.74) is 5.42. The number of amides is 4. The second kappa shape index (κ2) is 15.1. The molecule has 190 valence electrons. The molecule has 0 aliphatic carbocycles. The van der Waals surface area contributed by atoms with Gasteiger partial charge >= 0.3 is 5.97 Å². The van der Waals surface area contributed by atoms with Crippen LogP contribution in [0.3, 0.4) is 0 Å². The van der Waals surface area contributed by atoms with Gasteiger partial charge < -0.3 is 52.5 Å². The second-order valence-corrected chi connectivity index (χ2v) is 7.55. The van der Waals surface area contributed by atoms with E-state index in [9.17, 15) is 34.2 Å². The first-order valence-electron chi connectivity index (χ1n) is 10.0. The van der Waals surface area contributed by atoms with Crippen LogP contribution in [-0.4, -0.2) is 112 Å². The fraction of sp³-hybridized carbons (Fsp3) is 0.722. The van der Waals surface area contributed by atoms with Crippen LogP contribution in [0.5, 0.6) is 0 Å². The van der Waals surface area contributed by atoms with Crippen molar-refractivity contribution in [2.45, 2.75) is 50.5 Å². The zero-order valence-corrected chi connectivity index (χ0v) is 18.4. The number of hydrogen-bond donors (Lipinski definition) is 10. The lowest BCUT2D eigenvalue weighted by atomic mass is 10.0. The van der Waals surface area contributed by atoms with E-state index in [1.54, 1.807) is 13.8 Å². The average Bonchev–Trinajstić information content (AvgIpc) is 2.76. The molecule has 0 aromatic rings. The van der Waals surface area contributed by atoms with Gasteiger partial charge in [-0.05, 0) is 12.3 Å². The molecule has 0 aromatic heterocycles. The number of hydrogen-bond acceptors (Lipinski definition) is 10. The number of aliphatic hydroxyl groups is 4. The Labute approximate surface area is 189 Å². The summed E-state index contributed by atoms with van der Waals surface area (Å²) in [7, 11) is 0. The predicted molar refractivity (Wildman–Crippen MR) is 111 cm³/mol. The molecule has 4 amide bonds. The first kappa shape index (κ1) is 30.1. The number of carboxylic acids is 1. The quantitative estimate of drug-likeness (QED) is 0.106. The van der Waals surface area contributed by atoms with E-state index >= 15 is 0 Å². The minimum absolute atomic E-state index is 0.0797. The fourth-order valence-electron chi connectivity index (χ4n) is 2.46. The van der Waals surface area contributed by atoms with E-state index in [4.69, 9.17) is 21.1 Å². The van der Waals surface area contributed by atoms with E-state index in [-0.39, 0.29) is 12.3 Å². The Bertz CT molecular complexity index is 690. The first-order chi connectivity index (χ1) is 15.4. The zero-order valence-electron chi connectivity index (χ0n) is 18.4. The number of nitrogens with two attached hydrogens (primary N) is 1. The summed E-state index contributed by atoms with van der Waals surface area (Å²) in [6.07, 6.45) is 0.134. The Hall–Kier alpha value is -2.85. The van der Waals surface area contributed by atoms with E-state index in [1.165, 1.54) is 0 Å². The van der Waals surface area contributed by atoms with Gasteiger partial charge in [-0.25, -0.2) is 4.79 Å². The second-order valence-electron chi connectivity index (χ2n) is 7.55. The zero-order chi connectivity index (χ0) is 25.7. The highest BCUT2D eigenvalue weighted by molar-refractivity contribution is 5.95. The molecule has 0 aromatic carbocycles. The average molecular weight is 479 g/mol. The molecule has 0 heterocycles. The Morgan fingerprint density at radius 1 is 0.636 bits per heavy atom. The Kier molecular flexibility index (Phi) is 13.8. The largest absolute Gasteiger partial charge is 0.480 e. The van der Waals surface area contributed by atoms with Crippen LogP contribution in [0.1, 0.15) is 20.3 Å². The smallest absolute Gasteiger partial charge is 0.328 e. The van der Waals surface area contributed by atoms with Gasteiger partial charge in [0.05, 0.1) is 26.4 Å². The molecule has 15 nitrogen and oxygen atoms in total. The maximum absolute atomic E-state index is 12.6. The van der Waals surface area contributed by atoms with Crippen LogP contribution in [0.2, 0.25) is 0 Å². The highest BCUT2D eigenvalue weighted by Crippen LogP contribution is 2.06. The van der Waals surface area contributed by atoms with Crippen LogP contribution in [0.4, 0.5) is 0 Å². The summed E-state index contributed by atoms with van der Waals surface area (Å²) >= 11 is 0. The Balaban J connectivity index is 5.26. The molecule has 0 unspecified atom stereocenters. The van der Waals surface area contributed by atoms with Gasteiger partial charge in [-0.2, -0.15) is 0 Å². The summed E-state index contributed by atoms with van der Waals surface area (Å²) in [6.45, 7) is 0.0566. The summed E-state index contributed by atoms with van der Waals surface area (Å²) in [6, 6.07) is -7.35. The van der Waals surface area contributed by atoms with Crippen LogP contribution in [0.15, 0.2) is 0 Å². The van der Waals surface area contributed by atoms with Crippen molar-refractivity contribution in [1.29, 1.82) is 0 Å². The van der Waals surface area contributed by atoms with E-state index in [0.29, 0.717) is 0 Å². The lowest BCUT2D eigenvalue weighted by molar-refractivity contribution is -0.143. The molecule has 0 aliphatic heterocycles. The van der Waals surface area contributed by atoms with Crippen molar-refractivity contribution < 1.29 is 49.5 Å². The molecule has 0 aliphatic rings. The molecule has 0 spiro atoms. The number of rotatable bonds is 15. The topological polar surface area (TPSA) is 261 Å². The van der Waals surface area contributed by atoms with Crippen molar-refractivity contribution in [3.8, 4) is 0 Å². The van der Waals surface area contributed by atoms with Gasteiger partial charge in [-0.1, -0.05) is 13.8 Å². The highest BCUT2D eigenvalue weighted by atomic mass is 16.4. The van der Waals surface area contributed by atoms with Crippen molar-refractivity contribution >= 4 is 29.6 Å². The Morgan fingerprint density at radius 2 is 1.00 bits per heavy atom. The third kappa shape index (κ3) is 10.5. The van der Waals surface area contributed by atoms with E-state index in [0.717, 1.165) is 0 Å². The van der Waals surface area contributed by atoms with Gasteiger partial charge in [0.15, 0.2) is 0 Å². The summed E-state index contributed by atoms with van der Waals surface area (Å²) < 4.78 is 0. The molecule has 0 rings (SSSR count). The molecular weight excluding hydrogens is 446 g/mol. The minimum Gasteiger partial charge on any atom is -0.480 e. The summed E-state index contributed by atoms with van der Waals surface area (Å²) in [5, 5.41) is 54.1. The molecule has 0 saturated heterocycles. The van der Waals surface area contributed by atoms with Crippen LogP contribution in [-0.2, 0) is 24.0 Å². The van der Waals surface area contributed by atoms with Crippen molar-refractivity contribution in [2.24, 2.45) is 11.7 Å². The minimum atomic E-state index is -1.68. The highest BCUT2D eigenvalue weighted by Gasteiger charge is 2.31. The molecule has 0 bridgehead atoms. The first-order valence-corrected chi connectivity index (χ1v) is 10.0. The van der Waals surface area contributed by atoms with Gasteiger partial charge in [0.1, 0.15) is 30.2 Å². The molecule has 15 heteroatoms. The van der Waals surface area contributed by atoms with Crippen molar-refractivity contribution in [1.82, 2.24) is 21.3 Å². The molecule has 0 radical (unpaired) electrons. The maximum atomic E-state index is 12.6. The van der Waals surface area contributed by atoms with E-state index in [1.807, 2.05) is 10.6 Å².